The van der Waals surface area contributed by atoms with E-state index in [2.05, 4.69) is 46.4 Å². The smallest absolute Gasteiger partial charge is 0.210 e. The van der Waals surface area contributed by atoms with Crippen LogP contribution in [0.15, 0.2) is 53.9 Å². The second kappa shape index (κ2) is 5.97. The van der Waals surface area contributed by atoms with Gasteiger partial charge in [0, 0.05) is 23.7 Å². The Morgan fingerprint density at radius 2 is 1.95 bits per heavy atom. The van der Waals surface area contributed by atoms with Crippen LogP contribution in [-0.2, 0) is 5.75 Å². The molecule has 0 unspecified atom stereocenters. The Kier molecular flexibility index (Phi) is 3.87. The molecule has 3 aromatic rings. The summed E-state index contributed by atoms with van der Waals surface area (Å²) in [5.41, 5.74) is 3.40. The van der Waals surface area contributed by atoms with Gasteiger partial charge in [0.25, 0.3) is 0 Å². The van der Waals surface area contributed by atoms with Crippen molar-refractivity contribution in [1.82, 2.24) is 19.9 Å². The van der Waals surface area contributed by atoms with E-state index in [0.717, 1.165) is 11.3 Å². The van der Waals surface area contributed by atoms with Crippen molar-refractivity contribution in [3.8, 4) is 11.4 Å². The molecular weight excluding hydrogens is 282 g/mol. The van der Waals surface area contributed by atoms with Gasteiger partial charge >= 0.3 is 0 Å². The van der Waals surface area contributed by atoms with Crippen LogP contribution in [0.1, 0.15) is 11.1 Å². The van der Waals surface area contributed by atoms with E-state index in [1.807, 2.05) is 12.1 Å². The first-order valence-corrected chi connectivity index (χ1v) is 7.52. The van der Waals surface area contributed by atoms with Crippen LogP contribution in [0, 0.1) is 6.92 Å². The van der Waals surface area contributed by atoms with Crippen molar-refractivity contribution in [1.29, 1.82) is 0 Å². The van der Waals surface area contributed by atoms with Gasteiger partial charge in [0.05, 0.1) is 0 Å². The summed E-state index contributed by atoms with van der Waals surface area (Å²) < 4.78 is 1.52. The molecule has 0 aliphatic rings. The van der Waals surface area contributed by atoms with Gasteiger partial charge in [-0.15, -0.1) is 10.2 Å². The number of aromatic nitrogens is 4. The van der Waals surface area contributed by atoms with E-state index in [9.17, 15) is 0 Å². The van der Waals surface area contributed by atoms with E-state index in [1.165, 1.54) is 15.8 Å². The van der Waals surface area contributed by atoms with Crippen molar-refractivity contribution in [3.63, 3.8) is 0 Å². The van der Waals surface area contributed by atoms with Gasteiger partial charge in [0.15, 0.2) is 5.82 Å². The second-order valence-corrected chi connectivity index (χ2v) is 5.63. The maximum Gasteiger partial charge on any atom is 0.210 e. The van der Waals surface area contributed by atoms with Gasteiger partial charge in [0.1, 0.15) is 0 Å². The first-order chi connectivity index (χ1) is 10.2. The number of aryl methyl sites for hydroxylation is 1. The lowest BCUT2D eigenvalue weighted by molar-refractivity contribution is 0.849. The molecule has 0 saturated carbocycles. The normalized spacial score (nSPS) is 10.7. The van der Waals surface area contributed by atoms with Gasteiger partial charge < -0.3 is 5.84 Å². The Bertz CT molecular complexity index is 739. The highest BCUT2D eigenvalue weighted by atomic mass is 32.2. The van der Waals surface area contributed by atoms with Crippen LogP contribution in [0.3, 0.4) is 0 Å². The van der Waals surface area contributed by atoms with E-state index < -0.39 is 0 Å². The topological polar surface area (TPSA) is 69.6 Å². The molecule has 0 spiro atoms. The first-order valence-electron chi connectivity index (χ1n) is 6.53. The SMILES string of the molecule is Cc1cccc(CSc2nnc(-c3ccncc3)n2N)c1. The van der Waals surface area contributed by atoms with E-state index in [4.69, 9.17) is 5.84 Å². The molecule has 2 heterocycles. The lowest BCUT2D eigenvalue weighted by atomic mass is 10.2. The number of nitrogen functional groups attached to an aromatic ring is 1. The Morgan fingerprint density at radius 1 is 1.14 bits per heavy atom. The Hall–Kier alpha value is -2.34. The summed E-state index contributed by atoms with van der Waals surface area (Å²) in [4.78, 5) is 3.99. The number of rotatable bonds is 4. The van der Waals surface area contributed by atoms with Gasteiger partial charge in [-0.05, 0) is 24.6 Å². The minimum Gasteiger partial charge on any atom is -0.335 e. The van der Waals surface area contributed by atoms with E-state index >= 15 is 0 Å². The average molecular weight is 297 g/mol. The monoisotopic (exact) mass is 297 g/mol. The number of nitrogens with zero attached hydrogens (tertiary/aromatic N) is 4. The summed E-state index contributed by atoms with van der Waals surface area (Å²) in [6.07, 6.45) is 3.42. The zero-order chi connectivity index (χ0) is 14.7. The van der Waals surface area contributed by atoms with E-state index in [1.54, 1.807) is 24.2 Å². The van der Waals surface area contributed by atoms with Gasteiger partial charge in [-0.2, -0.15) is 0 Å². The maximum atomic E-state index is 6.08. The fourth-order valence-electron chi connectivity index (χ4n) is 2.02. The fraction of sp³-hybridized carbons (Fsp3) is 0.133. The highest BCUT2D eigenvalue weighted by molar-refractivity contribution is 7.98. The molecule has 0 amide bonds. The Balaban J connectivity index is 1.77. The van der Waals surface area contributed by atoms with E-state index in [-0.39, 0.29) is 0 Å². The zero-order valence-corrected chi connectivity index (χ0v) is 12.4. The Labute approximate surface area is 127 Å². The van der Waals surface area contributed by atoms with Crippen molar-refractivity contribution < 1.29 is 0 Å². The first kappa shape index (κ1) is 13.6. The van der Waals surface area contributed by atoms with E-state index in [0.29, 0.717) is 11.0 Å². The minimum absolute atomic E-state index is 0.643. The molecular formula is C15H15N5S. The van der Waals surface area contributed by atoms with Crippen molar-refractivity contribution in [2.24, 2.45) is 0 Å². The molecule has 2 N–H and O–H groups in total. The lowest BCUT2D eigenvalue weighted by Gasteiger charge is -2.04. The van der Waals surface area contributed by atoms with Crippen molar-refractivity contribution in [3.05, 3.63) is 59.9 Å². The Morgan fingerprint density at radius 3 is 2.71 bits per heavy atom. The second-order valence-electron chi connectivity index (χ2n) is 4.69. The number of nitrogens with two attached hydrogens (primary N) is 1. The van der Waals surface area contributed by atoms with Crippen LogP contribution in [-0.4, -0.2) is 19.9 Å². The van der Waals surface area contributed by atoms with Gasteiger partial charge in [0.2, 0.25) is 5.16 Å². The molecule has 0 atom stereocenters. The third-order valence-corrected chi connectivity index (χ3v) is 4.07. The summed E-state index contributed by atoms with van der Waals surface area (Å²) in [5.74, 6) is 7.54. The zero-order valence-electron chi connectivity index (χ0n) is 11.6. The molecule has 0 saturated heterocycles. The highest BCUT2D eigenvalue weighted by Crippen LogP contribution is 2.24. The molecule has 6 heteroatoms. The molecule has 5 nitrogen and oxygen atoms in total. The van der Waals surface area contributed by atoms with Crippen LogP contribution in [0.4, 0.5) is 0 Å². The molecule has 0 fully saturated rings. The third kappa shape index (κ3) is 3.05. The summed E-state index contributed by atoms with van der Waals surface area (Å²) in [6, 6.07) is 12.1. The number of benzene rings is 1. The van der Waals surface area contributed by atoms with Gasteiger partial charge in [-0.1, -0.05) is 41.6 Å². The lowest BCUT2D eigenvalue weighted by Crippen LogP contribution is -2.11. The number of pyridine rings is 1. The molecule has 0 aliphatic carbocycles. The summed E-state index contributed by atoms with van der Waals surface area (Å²) >= 11 is 1.57. The molecule has 21 heavy (non-hydrogen) atoms. The van der Waals surface area contributed by atoms with Crippen molar-refractivity contribution >= 4 is 11.8 Å². The summed E-state index contributed by atoms with van der Waals surface area (Å²) in [6.45, 7) is 2.08. The predicted molar refractivity (Wildman–Crippen MR) is 84.1 cm³/mol. The molecule has 2 aromatic heterocycles. The number of hydrogen-bond donors (Lipinski definition) is 1. The number of hydrogen-bond acceptors (Lipinski definition) is 5. The standard InChI is InChI=1S/C15H15N5S/c1-11-3-2-4-12(9-11)10-21-15-19-18-14(20(15)16)13-5-7-17-8-6-13/h2-9H,10,16H2,1H3. The largest absolute Gasteiger partial charge is 0.335 e. The van der Waals surface area contributed by atoms with Gasteiger partial charge in [-0.25, -0.2) is 4.68 Å². The minimum atomic E-state index is 0.643. The predicted octanol–water partition coefficient (Wildman–Crippen LogP) is 2.65. The van der Waals surface area contributed by atoms with Crippen LogP contribution in [0.5, 0.6) is 0 Å². The van der Waals surface area contributed by atoms with Crippen LogP contribution in [0.2, 0.25) is 0 Å². The van der Waals surface area contributed by atoms with Crippen LogP contribution >= 0.6 is 11.8 Å². The maximum absolute atomic E-state index is 6.08. The van der Waals surface area contributed by atoms with Crippen LogP contribution in [0.25, 0.3) is 11.4 Å². The molecule has 1 aromatic carbocycles. The third-order valence-electron chi connectivity index (χ3n) is 3.05. The molecule has 106 valence electrons. The van der Waals surface area contributed by atoms with Crippen molar-refractivity contribution in [2.75, 3.05) is 5.84 Å². The molecule has 0 radical (unpaired) electrons. The van der Waals surface area contributed by atoms with Gasteiger partial charge in [-0.3, -0.25) is 4.98 Å². The average Bonchev–Trinajstić information content (AvgIpc) is 2.87. The van der Waals surface area contributed by atoms with Crippen LogP contribution < -0.4 is 5.84 Å². The van der Waals surface area contributed by atoms with Crippen molar-refractivity contribution in [2.45, 2.75) is 17.8 Å². The highest BCUT2D eigenvalue weighted by Gasteiger charge is 2.11. The summed E-state index contributed by atoms with van der Waals surface area (Å²) in [7, 11) is 0. The molecule has 0 aliphatic heterocycles. The quantitative estimate of drug-likeness (QED) is 0.592. The number of thioether (sulfide) groups is 1. The fourth-order valence-corrected chi connectivity index (χ4v) is 2.82. The summed E-state index contributed by atoms with van der Waals surface area (Å²) in [5, 5.41) is 9.01. The molecule has 3 rings (SSSR count). The molecule has 0 bridgehead atoms.